The number of anilines is 1. The number of nitrogens with zero attached hydrogens (tertiary/aromatic N) is 3. The number of aryl methyl sites for hydroxylation is 2. The smallest absolute Gasteiger partial charge is 0.132 e. The van der Waals surface area contributed by atoms with Gasteiger partial charge in [-0.25, -0.2) is 9.97 Å². The molecule has 1 aliphatic carbocycles. The molecule has 0 aliphatic heterocycles. The second-order valence-corrected chi connectivity index (χ2v) is 5.84. The van der Waals surface area contributed by atoms with Crippen LogP contribution in [-0.4, -0.2) is 41.0 Å². The lowest BCUT2D eigenvalue weighted by Crippen LogP contribution is -2.31. The summed E-state index contributed by atoms with van der Waals surface area (Å²) in [7, 11) is 2.27. The van der Waals surface area contributed by atoms with Gasteiger partial charge in [-0.15, -0.1) is 0 Å². The van der Waals surface area contributed by atoms with Crippen LogP contribution in [0.5, 0.6) is 0 Å². The Morgan fingerprint density at radius 3 is 2.80 bits per heavy atom. The Morgan fingerprint density at radius 1 is 1.35 bits per heavy atom. The molecule has 1 aromatic heterocycles. The van der Waals surface area contributed by atoms with E-state index in [0.717, 1.165) is 30.6 Å². The zero-order valence-corrected chi connectivity index (χ0v) is 13.2. The second-order valence-electron chi connectivity index (χ2n) is 5.84. The van der Waals surface area contributed by atoms with Gasteiger partial charge >= 0.3 is 0 Å². The third kappa shape index (κ3) is 4.17. The Morgan fingerprint density at radius 2 is 2.10 bits per heavy atom. The average Bonchev–Trinajstić information content (AvgIpc) is 2.98. The lowest BCUT2D eigenvalue weighted by Gasteiger charge is -2.24. The average molecular weight is 276 g/mol. The van der Waals surface area contributed by atoms with Crippen LogP contribution in [0, 0.1) is 6.92 Å². The van der Waals surface area contributed by atoms with Gasteiger partial charge in [-0.1, -0.05) is 19.8 Å². The van der Waals surface area contributed by atoms with Crippen LogP contribution in [0.1, 0.15) is 50.4 Å². The molecule has 0 bridgehead atoms. The van der Waals surface area contributed by atoms with Crippen LogP contribution < -0.4 is 5.32 Å². The van der Waals surface area contributed by atoms with E-state index in [9.17, 15) is 0 Å². The maximum absolute atomic E-state index is 4.50. The minimum absolute atomic E-state index is 0.822. The highest BCUT2D eigenvalue weighted by Gasteiger charge is 2.18. The van der Waals surface area contributed by atoms with Crippen LogP contribution in [0.2, 0.25) is 0 Å². The fraction of sp³-hybridized carbons (Fsp3) is 0.750. The number of nitrogens with one attached hydrogen (secondary N) is 1. The number of aromatic nitrogens is 2. The van der Waals surface area contributed by atoms with Gasteiger partial charge in [0.2, 0.25) is 0 Å². The summed E-state index contributed by atoms with van der Waals surface area (Å²) >= 11 is 0. The van der Waals surface area contributed by atoms with E-state index in [1.165, 1.54) is 44.2 Å². The Labute approximate surface area is 123 Å². The van der Waals surface area contributed by atoms with Crippen LogP contribution >= 0.6 is 0 Å². The van der Waals surface area contributed by atoms with Crippen molar-refractivity contribution < 1.29 is 0 Å². The van der Waals surface area contributed by atoms with Crippen LogP contribution in [-0.2, 0) is 6.42 Å². The third-order valence-electron chi connectivity index (χ3n) is 4.29. The van der Waals surface area contributed by atoms with Crippen molar-refractivity contribution in [3.8, 4) is 0 Å². The molecule has 0 radical (unpaired) electrons. The first-order chi connectivity index (χ1) is 9.70. The molecule has 112 valence electrons. The summed E-state index contributed by atoms with van der Waals surface area (Å²) in [6.07, 6.45) is 9.67. The first-order valence-corrected chi connectivity index (χ1v) is 7.97. The summed E-state index contributed by atoms with van der Waals surface area (Å²) in [4.78, 5) is 11.3. The molecule has 0 amide bonds. The molecular weight excluding hydrogens is 248 g/mol. The van der Waals surface area contributed by atoms with E-state index in [4.69, 9.17) is 0 Å². The first kappa shape index (κ1) is 15.2. The van der Waals surface area contributed by atoms with Gasteiger partial charge in [-0.3, -0.25) is 0 Å². The van der Waals surface area contributed by atoms with Gasteiger partial charge in [-0.2, -0.15) is 0 Å². The van der Waals surface area contributed by atoms with Crippen molar-refractivity contribution in [2.45, 2.75) is 58.4 Å². The maximum Gasteiger partial charge on any atom is 0.132 e. The van der Waals surface area contributed by atoms with E-state index < -0.39 is 0 Å². The summed E-state index contributed by atoms with van der Waals surface area (Å²) in [6.45, 7) is 6.25. The predicted octanol–water partition coefficient (Wildman–Crippen LogP) is 3.02. The standard InChI is InChI=1S/C16H28N4/c1-4-14-12-18-13(2)19-16(14)17-10-7-11-20(3)15-8-5-6-9-15/h12,15H,4-11H2,1-3H3,(H,17,18,19). The Balaban J connectivity index is 1.74. The Hall–Kier alpha value is -1.16. The van der Waals surface area contributed by atoms with Gasteiger partial charge < -0.3 is 10.2 Å². The predicted molar refractivity (Wildman–Crippen MR) is 84.1 cm³/mol. The van der Waals surface area contributed by atoms with E-state index in [-0.39, 0.29) is 0 Å². The van der Waals surface area contributed by atoms with E-state index in [1.54, 1.807) is 0 Å². The summed E-state index contributed by atoms with van der Waals surface area (Å²) in [5, 5.41) is 3.47. The lowest BCUT2D eigenvalue weighted by atomic mass is 10.2. The number of rotatable bonds is 7. The molecule has 1 aromatic rings. The molecule has 0 saturated heterocycles. The van der Waals surface area contributed by atoms with Crippen molar-refractivity contribution in [2.75, 3.05) is 25.5 Å². The molecule has 1 fully saturated rings. The molecule has 1 saturated carbocycles. The van der Waals surface area contributed by atoms with E-state index in [2.05, 4.69) is 34.2 Å². The minimum Gasteiger partial charge on any atom is -0.370 e. The maximum atomic E-state index is 4.50. The fourth-order valence-electron chi connectivity index (χ4n) is 2.97. The van der Waals surface area contributed by atoms with Gasteiger partial charge in [0.1, 0.15) is 11.6 Å². The highest BCUT2D eigenvalue weighted by molar-refractivity contribution is 5.42. The summed E-state index contributed by atoms with van der Waals surface area (Å²) in [6, 6.07) is 0.822. The molecule has 20 heavy (non-hydrogen) atoms. The molecule has 2 rings (SSSR count). The molecule has 0 unspecified atom stereocenters. The topological polar surface area (TPSA) is 41.1 Å². The van der Waals surface area contributed by atoms with Crippen molar-refractivity contribution in [1.29, 1.82) is 0 Å². The summed E-state index contributed by atoms with van der Waals surface area (Å²) in [5.74, 6) is 1.86. The molecule has 4 heteroatoms. The van der Waals surface area contributed by atoms with Crippen molar-refractivity contribution in [1.82, 2.24) is 14.9 Å². The van der Waals surface area contributed by atoms with Crippen molar-refractivity contribution >= 4 is 5.82 Å². The Kier molecular flexibility index (Phi) is 5.77. The minimum atomic E-state index is 0.822. The summed E-state index contributed by atoms with van der Waals surface area (Å²) < 4.78 is 0. The lowest BCUT2D eigenvalue weighted by molar-refractivity contribution is 0.245. The molecule has 1 heterocycles. The van der Waals surface area contributed by atoms with Gasteiger partial charge in [0.15, 0.2) is 0 Å². The molecular formula is C16H28N4. The van der Waals surface area contributed by atoms with Crippen LogP contribution in [0.4, 0.5) is 5.82 Å². The second kappa shape index (κ2) is 7.58. The van der Waals surface area contributed by atoms with Gasteiger partial charge in [0.25, 0.3) is 0 Å². The summed E-state index contributed by atoms with van der Waals surface area (Å²) in [5.41, 5.74) is 1.21. The number of hydrogen-bond acceptors (Lipinski definition) is 4. The van der Waals surface area contributed by atoms with Crippen molar-refractivity contribution in [3.63, 3.8) is 0 Å². The quantitative estimate of drug-likeness (QED) is 0.777. The van der Waals surface area contributed by atoms with Gasteiger partial charge in [-0.05, 0) is 46.2 Å². The number of hydrogen-bond donors (Lipinski definition) is 1. The van der Waals surface area contributed by atoms with E-state index >= 15 is 0 Å². The third-order valence-corrected chi connectivity index (χ3v) is 4.29. The zero-order chi connectivity index (χ0) is 14.4. The van der Waals surface area contributed by atoms with Gasteiger partial charge in [0.05, 0.1) is 0 Å². The highest BCUT2D eigenvalue weighted by atomic mass is 15.1. The van der Waals surface area contributed by atoms with Crippen LogP contribution in [0.15, 0.2) is 6.20 Å². The SMILES string of the molecule is CCc1cnc(C)nc1NCCCN(C)C1CCCC1. The van der Waals surface area contributed by atoms with Gasteiger partial charge in [0, 0.05) is 24.3 Å². The normalized spacial score (nSPS) is 16.0. The molecule has 0 spiro atoms. The first-order valence-electron chi connectivity index (χ1n) is 7.97. The molecule has 4 nitrogen and oxygen atoms in total. The zero-order valence-electron chi connectivity index (χ0n) is 13.2. The largest absolute Gasteiger partial charge is 0.370 e. The highest BCUT2D eigenvalue weighted by Crippen LogP contribution is 2.22. The van der Waals surface area contributed by atoms with E-state index in [1.807, 2.05) is 13.1 Å². The van der Waals surface area contributed by atoms with Crippen molar-refractivity contribution in [3.05, 3.63) is 17.6 Å². The van der Waals surface area contributed by atoms with Crippen LogP contribution in [0.3, 0.4) is 0 Å². The molecule has 1 aliphatic rings. The Bertz CT molecular complexity index is 413. The molecule has 1 N–H and O–H groups in total. The monoisotopic (exact) mass is 276 g/mol. The molecule has 0 atom stereocenters. The van der Waals surface area contributed by atoms with Crippen molar-refractivity contribution in [2.24, 2.45) is 0 Å². The molecule has 0 aromatic carbocycles. The fourth-order valence-corrected chi connectivity index (χ4v) is 2.97. The van der Waals surface area contributed by atoms with Crippen LogP contribution in [0.25, 0.3) is 0 Å². The van der Waals surface area contributed by atoms with E-state index in [0.29, 0.717) is 0 Å².